The average molecular weight is 300 g/mol. The molecule has 0 spiro atoms. The lowest BCUT2D eigenvalue weighted by molar-refractivity contribution is -0.115. The molecule has 1 aliphatic carbocycles. The molecule has 0 unspecified atom stereocenters. The van der Waals surface area contributed by atoms with E-state index in [0.717, 1.165) is 5.56 Å². The minimum Gasteiger partial charge on any atom is -0.497 e. The van der Waals surface area contributed by atoms with E-state index in [1.54, 1.807) is 38.5 Å². The van der Waals surface area contributed by atoms with Crippen LogP contribution in [0, 0.1) is 0 Å². The molecule has 5 nitrogen and oxygen atoms in total. The van der Waals surface area contributed by atoms with Crippen molar-refractivity contribution in [3.63, 3.8) is 0 Å². The van der Waals surface area contributed by atoms with Gasteiger partial charge in [0.1, 0.15) is 17.3 Å². The lowest BCUT2D eigenvalue weighted by Gasteiger charge is -2.22. The number of allylic oxidation sites excluding steroid dienone is 3. The SMILES string of the molecule is COc1ccc(/C=C2\C=CC3=C(COCO3)C2=O)c(OC)c1. The fourth-order valence-electron chi connectivity index (χ4n) is 2.37. The van der Waals surface area contributed by atoms with Gasteiger partial charge in [-0.05, 0) is 30.4 Å². The maximum absolute atomic E-state index is 12.5. The molecule has 0 aromatic heterocycles. The highest BCUT2D eigenvalue weighted by molar-refractivity contribution is 6.14. The number of carbonyl (C=O) groups excluding carboxylic acids is 1. The number of Topliss-reactive ketones (excluding diaryl/α,β-unsaturated/α-hetero) is 1. The van der Waals surface area contributed by atoms with E-state index in [1.165, 1.54) is 0 Å². The summed E-state index contributed by atoms with van der Waals surface area (Å²) in [4.78, 5) is 12.5. The van der Waals surface area contributed by atoms with Crippen LogP contribution in [0.1, 0.15) is 5.56 Å². The van der Waals surface area contributed by atoms with E-state index >= 15 is 0 Å². The summed E-state index contributed by atoms with van der Waals surface area (Å²) < 4.78 is 21.0. The van der Waals surface area contributed by atoms with Crippen molar-refractivity contribution in [3.8, 4) is 11.5 Å². The molecule has 0 saturated heterocycles. The van der Waals surface area contributed by atoms with Gasteiger partial charge in [-0.3, -0.25) is 4.79 Å². The zero-order valence-corrected chi connectivity index (χ0v) is 12.4. The molecular formula is C17H16O5. The lowest BCUT2D eigenvalue weighted by atomic mass is 9.95. The third kappa shape index (κ3) is 2.63. The predicted molar refractivity (Wildman–Crippen MR) is 80.6 cm³/mol. The van der Waals surface area contributed by atoms with Crippen molar-refractivity contribution in [2.45, 2.75) is 0 Å². The first kappa shape index (κ1) is 14.4. The molecule has 1 heterocycles. The van der Waals surface area contributed by atoms with Crippen LogP contribution < -0.4 is 9.47 Å². The van der Waals surface area contributed by atoms with Gasteiger partial charge in [-0.15, -0.1) is 0 Å². The van der Waals surface area contributed by atoms with Gasteiger partial charge in [0.15, 0.2) is 12.6 Å². The van der Waals surface area contributed by atoms with Gasteiger partial charge in [-0.25, -0.2) is 0 Å². The summed E-state index contributed by atoms with van der Waals surface area (Å²) in [6, 6.07) is 5.45. The Bertz CT molecular complexity index is 697. The summed E-state index contributed by atoms with van der Waals surface area (Å²) in [7, 11) is 3.18. The Balaban J connectivity index is 1.95. The van der Waals surface area contributed by atoms with Crippen LogP contribution in [0.4, 0.5) is 0 Å². The molecule has 0 bridgehead atoms. The van der Waals surface area contributed by atoms with Crippen LogP contribution in [0.5, 0.6) is 11.5 Å². The second kappa shape index (κ2) is 6.07. The minimum atomic E-state index is -0.0879. The standard InChI is InChI=1S/C17H16O5/c1-19-13-5-3-11(16(8-13)20-2)7-12-4-6-15-14(17(12)18)9-21-10-22-15/h3-8H,9-10H2,1-2H3/b12-7+. The maximum atomic E-state index is 12.5. The minimum absolute atomic E-state index is 0.0879. The van der Waals surface area contributed by atoms with Crippen LogP contribution in [0.2, 0.25) is 0 Å². The Morgan fingerprint density at radius 1 is 1.18 bits per heavy atom. The number of rotatable bonds is 3. The van der Waals surface area contributed by atoms with E-state index < -0.39 is 0 Å². The zero-order valence-electron chi connectivity index (χ0n) is 12.4. The average Bonchev–Trinajstić information content (AvgIpc) is 2.58. The molecule has 22 heavy (non-hydrogen) atoms. The van der Waals surface area contributed by atoms with Gasteiger partial charge < -0.3 is 18.9 Å². The lowest BCUT2D eigenvalue weighted by Crippen LogP contribution is -2.22. The predicted octanol–water partition coefficient (Wildman–Crippen LogP) is 2.48. The number of hydrogen-bond acceptors (Lipinski definition) is 5. The van der Waals surface area contributed by atoms with Crippen LogP contribution in [0.15, 0.2) is 47.3 Å². The maximum Gasteiger partial charge on any atom is 0.195 e. The van der Waals surface area contributed by atoms with Crippen LogP contribution in [0.25, 0.3) is 6.08 Å². The van der Waals surface area contributed by atoms with E-state index in [9.17, 15) is 4.79 Å². The van der Waals surface area contributed by atoms with Crippen LogP contribution in [-0.4, -0.2) is 33.4 Å². The van der Waals surface area contributed by atoms with Gasteiger partial charge in [-0.2, -0.15) is 0 Å². The number of methoxy groups -OCH3 is 2. The number of carbonyl (C=O) groups is 1. The molecule has 3 rings (SSSR count). The number of benzene rings is 1. The van der Waals surface area contributed by atoms with Crippen molar-refractivity contribution in [1.82, 2.24) is 0 Å². The Morgan fingerprint density at radius 2 is 2.05 bits per heavy atom. The molecule has 114 valence electrons. The molecule has 0 atom stereocenters. The molecule has 2 aliphatic rings. The zero-order chi connectivity index (χ0) is 15.5. The summed E-state index contributed by atoms with van der Waals surface area (Å²) in [5, 5.41) is 0. The van der Waals surface area contributed by atoms with E-state index in [0.29, 0.717) is 28.4 Å². The molecule has 0 amide bonds. The Hall–Kier alpha value is -2.53. The van der Waals surface area contributed by atoms with Crippen molar-refractivity contribution in [1.29, 1.82) is 0 Å². The molecule has 1 aromatic carbocycles. The number of ether oxygens (including phenoxy) is 4. The fourth-order valence-corrected chi connectivity index (χ4v) is 2.37. The molecule has 1 aromatic rings. The van der Waals surface area contributed by atoms with Gasteiger partial charge in [0.25, 0.3) is 0 Å². The quantitative estimate of drug-likeness (QED) is 0.803. The van der Waals surface area contributed by atoms with Crippen molar-refractivity contribution < 1.29 is 23.7 Å². The summed E-state index contributed by atoms with van der Waals surface area (Å²) >= 11 is 0. The molecular weight excluding hydrogens is 284 g/mol. The fraction of sp³-hybridized carbons (Fsp3) is 0.235. The Labute approximate surface area is 128 Å². The monoisotopic (exact) mass is 300 g/mol. The Kier molecular flexibility index (Phi) is 3.98. The van der Waals surface area contributed by atoms with E-state index in [4.69, 9.17) is 18.9 Å². The van der Waals surface area contributed by atoms with Gasteiger partial charge in [0.2, 0.25) is 0 Å². The van der Waals surface area contributed by atoms with Crippen molar-refractivity contribution in [2.75, 3.05) is 27.6 Å². The highest BCUT2D eigenvalue weighted by Crippen LogP contribution is 2.30. The third-order valence-electron chi connectivity index (χ3n) is 3.54. The van der Waals surface area contributed by atoms with Gasteiger partial charge in [0.05, 0.1) is 26.4 Å². The van der Waals surface area contributed by atoms with E-state index in [-0.39, 0.29) is 19.2 Å². The molecule has 0 radical (unpaired) electrons. The number of hydrogen-bond donors (Lipinski definition) is 0. The topological polar surface area (TPSA) is 54.0 Å². The molecule has 0 fully saturated rings. The first-order valence-corrected chi connectivity index (χ1v) is 6.83. The third-order valence-corrected chi connectivity index (χ3v) is 3.54. The van der Waals surface area contributed by atoms with Crippen LogP contribution in [0.3, 0.4) is 0 Å². The molecule has 0 N–H and O–H groups in total. The largest absolute Gasteiger partial charge is 0.497 e. The summed E-state index contributed by atoms with van der Waals surface area (Å²) in [5.74, 6) is 1.85. The first-order chi connectivity index (χ1) is 10.7. The Morgan fingerprint density at radius 3 is 2.82 bits per heavy atom. The van der Waals surface area contributed by atoms with Gasteiger partial charge in [0, 0.05) is 17.2 Å². The van der Waals surface area contributed by atoms with E-state index in [1.807, 2.05) is 12.1 Å². The van der Waals surface area contributed by atoms with Crippen molar-refractivity contribution >= 4 is 11.9 Å². The second-order valence-corrected chi connectivity index (χ2v) is 4.82. The second-order valence-electron chi connectivity index (χ2n) is 4.82. The molecule has 1 aliphatic heterocycles. The summed E-state index contributed by atoms with van der Waals surface area (Å²) in [5.41, 5.74) is 1.92. The van der Waals surface area contributed by atoms with Crippen LogP contribution in [-0.2, 0) is 14.3 Å². The highest BCUT2D eigenvalue weighted by Gasteiger charge is 2.25. The first-order valence-electron chi connectivity index (χ1n) is 6.83. The van der Waals surface area contributed by atoms with Crippen molar-refractivity contribution in [3.05, 3.63) is 52.8 Å². The smallest absolute Gasteiger partial charge is 0.195 e. The van der Waals surface area contributed by atoms with Crippen LogP contribution >= 0.6 is 0 Å². The highest BCUT2D eigenvalue weighted by atomic mass is 16.7. The van der Waals surface area contributed by atoms with Crippen molar-refractivity contribution in [2.24, 2.45) is 0 Å². The van der Waals surface area contributed by atoms with Gasteiger partial charge >= 0.3 is 0 Å². The molecule has 0 saturated carbocycles. The van der Waals surface area contributed by atoms with Gasteiger partial charge in [-0.1, -0.05) is 0 Å². The summed E-state index contributed by atoms with van der Waals surface area (Å²) in [6.07, 6.45) is 5.33. The normalized spacial score (nSPS) is 19.0. The molecule has 5 heteroatoms. The summed E-state index contributed by atoms with van der Waals surface area (Å²) in [6.45, 7) is 0.456. The number of ketones is 1. The van der Waals surface area contributed by atoms with E-state index in [2.05, 4.69) is 0 Å².